The number of hydrogen-bond donors (Lipinski definition) is 2. The van der Waals surface area contributed by atoms with Crippen molar-refractivity contribution in [3.63, 3.8) is 0 Å². The lowest BCUT2D eigenvalue weighted by atomic mass is 10.0. The average molecular weight is 220 g/mol. The van der Waals surface area contributed by atoms with Gasteiger partial charge in [0.05, 0.1) is 6.61 Å². The molecule has 0 unspecified atom stereocenters. The molecule has 2 N–H and O–H groups in total. The fraction of sp³-hybridized carbons (Fsp3) is 0.250. The van der Waals surface area contributed by atoms with E-state index in [-0.39, 0.29) is 19.6 Å². The summed E-state index contributed by atoms with van der Waals surface area (Å²) >= 11 is 0. The van der Waals surface area contributed by atoms with Crippen LogP contribution in [0.15, 0.2) is 33.5 Å². The lowest BCUT2D eigenvalue weighted by Crippen LogP contribution is -2.13. The van der Waals surface area contributed by atoms with Gasteiger partial charge in [0.25, 0.3) is 0 Å². The van der Waals surface area contributed by atoms with E-state index in [9.17, 15) is 9.90 Å². The van der Waals surface area contributed by atoms with E-state index in [4.69, 9.17) is 9.52 Å². The molecule has 4 heteroatoms. The van der Waals surface area contributed by atoms with Crippen LogP contribution in [0.1, 0.15) is 11.1 Å². The maximum Gasteiger partial charge on any atom is 0.339 e. The van der Waals surface area contributed by atoms with Crippen molar-refractivity contribution in [2.75, 3.05) is 6.61 Å². The Morgan fingerprint density at radius 2 is 1.88 bits per heavy atom. The van der Waals surface area contributed by atoms with Crippen LogP contribution < -0.4 is 5.63 Å². The van der Waals surface area contributed by atoms with Crippen LogP contribution >= 0.6 is 0 Å². The highest BCUT2D eigenvalue weighted by atomic mass is 16.4. The summed E-state index contributed by atoms with van der Waals surface area (Å²) < 4.78 is 5.11. The molecular formula is C12H12O4. The van der Waals surface area contributed by atoms with Crippen LogP contribution in [0.25, 0.3) is 11.0 Å². The van der Waals surface area contributed by atoms with Gasteiger partial charge < -0.3 is 14.6 Å². The second-order valence-electron chi connectivity index (χ2n) is 3.47. The van der Waals surface area contributed by atoms with E-state index in [0.717, 1.165) is 0 Å². The average Bonchev–Trinajstić information content (AvgIpc) is 2.30. The monoisotopic (exact) mass is 220 g/mol. The van der Waals surface area contributed by atoms with E-state index in [1.807, 2.05) is 6.07 Å². The minimum Gasteiger partial charge on any atom is -0.423 e. The van der Waals surface area contributed by atoms with Crippen LogP contribution in [0.4, 0.5) is 0 Å². The van der Waals surface area contributed by atoms with Gasteiger partial charge in [-0.25, -0.2) is 4.79 Å². The number of benzene rings is 1. The van der Waals surface area contributed by atoms with Crippen LogP contribution in [-0.2, 0) is 13.0 Å². The van der Waals surface area contributed by atoms with E-state index in [0.29, 0.717) is 22.1 Å². The van der Waals surface area contributed by atoms with Crippen LogP contribution in [-0.4, -0.2) is 16.8 Å². The molecule has 0 aliphatic rings. The molecule has 0 saturated carbocycles. The molecule has 0 radical (unpaired) electrons. The van der Waals surface area contributed by atoms with Gasteiger partial charge in [-0.2, -0.15) is 0 Å². The molecule has 1 heterocycles. The van der Waals surface area contributed by atoms with Gasteiger partial charge >= 0.3 is 5.63 Å². The third-order valence-corrected chi connectivity index (χ3v) is 2.55. The largest absolute Gasteiger partial charge is 0.423 e. The normalized spacial score (nSPS) is 10.9. The highest BCUT2D eigenvalue weighted by Gasteiger charge is 2.12. The van der Waals surface area contributed by atoms with Crippen molar-refractivity contribution in [1.82, 2.24) is 0 Å². The Labute approximate surface area is 91.8 Å². The molecule has 84 valence electrons. The maximum atomic E-state index is 11.6. The Morgan fingerprint density at radius 1 is 1.12 bits per heavy atom. The second-order valence-corrected chi connectivity index (χ2v) is 3.47. The number of aliphatic hydroxyl groups is 2. The SMILES string of the molecule is O=c1oc2ccccc2c(CO)c1CCO. The first-order valence-electron chi connectivity index (χ1n) is 5.03. The van der Waals surface area contributed by atoms with Crippen molar-refractivity contribution in [3.8, 4) is 0 Å². The predicted molar refractivity (Wildman–Crippen MR) is 59.2 cm³/mol. The summed E-state index contributed by atoms with van der Waals surface area (Å²) in [6.07, 6.45) is 0.197. The number of hydrogen-bond acceptors (Lipinski definition) is 4. The van der Waals surface area contributed by atoms with Gasteiger partial charge in [-0.3, -0.25) is 0 Å². The molecular weight excluding hydrogens is 208 g/mol. The highest BCUT2D eigenvalue weighted by Crippen LogP contribution is 2.20. The Balaban J connectivity index is 2.79. The molecule has 0 atom stereocenters. The van der Waals surface area contributed by atoms with Gasteiger partial charge in [0, 0.05) is 24.0 Å². The van der Waals surface area contributed by atoms with Gasteiger partial charge in [0.2, 0.25) is 0 Å². The number of fused-ring (bicyclic) bond motifs is 1. The van der Waals surface area contributed by atoms with Gasteiger partial charge in [0.15, 0.2) is 0 Å². The molecule has 1 aromatic carbocycles. The molecule has 4 nitrogen and oxygen atoms in total. The summed E-state index contributed by atoms with van der Waals surface area (Å²) in [5.74, 6) is 0. The topological polar surface area (TPSA) is 70.7 Å². The zero-order chi connectivity index (χ0) is 11.5. The van der Waals surface area contributed by atoms with E-state index in [2.05, 4.69) is 0 Å². The van der Waals surface area contributed by atoms with Gasteiger partial charge in [0.1, 0.15) is 5.58 Å². The van der Waals surface area contributed by atoms with Gasteiger partial charge in [-0.1, -0.05) is 18.2 Å². The van der Waals surface area contributed by atoms with Crippen molar-refractivity contribution >= 4 is 11.0 Å². The van der Waals surface area contributed by atoms with Crippen LogP contribution in [0, 0.1) is 0 Å². The number of aliphatic hydroxyl groups excluding tert-OH is 2. The molecule has 0 aliphatic heterocycles. The van der Waals surface area contributed by atoms with E-state index >= 15 is 0 Å². The lowest BCUT2D eigenvalue weighted by molar-refractivity contribution is 0.275. The van der Waals surface area contributed by atoms with Gasteiger partial charge in [-0.15, -0.1) is 0 Å². The quantitative estimate of drug-likeness (QED) is 0.751. The Hall–Kier alpha value is -1.65. The first-order chi connectivity index (χ1) is 7.77. The molecule has 0 aliphatic carbocycles. The van der Waals surface area contributed by atoms with E-state index in [1.54, 1.807) is 18.2 Å². The fourth-order valence-electron chi connectivity index (χ4n) is 1.80. The maximum absolute atomic E-state index is 11.6. The Kier molecular flexibility index (Phi) is 3.03. The summed E-state index contributed by atoms with van der Waals surface area (Å²) in [5, 5.41) is 18.9. The van der Waals surface area contributed by atoms with E-state index in [1.165, 1.54) is 0 Å². The number of rotatable bonds is 3. The minimum absolute atomic E-state index is 0.143. The van der Waals surface area contributed by atoms with E-state index < -0.39 is 5.63 Å². The molecule has 0 amide bonds. The third kappa shape index (κ3) is 1.73. The summed E-state index contributed by atoms with van der Waals surface area (Å²) in [4.78, 5) is 11.6. The molecule has 16 heavy (non-hydrogen) atoms. The molecule has 2 rings (SSSR count). The van der Waals surface area contributed by atoms with Gasteiger partial charge in [-0.05, 0) is 11.6 Å². The lowest BCUT2D eigenvalue weighted by Gasteiger charge is -2.07. The molecule has 0 spiro atoms. The Morgan fingerprint density at radius 3 is 2.56 bits per heavy atom. The van der Waals surface area contributed by atoms with Crippen LogP contribution in [0.3, 0.4) is 0 Å². The van der Waals surface area contributed by atoms with Crippen molar-refractivity contribution in [3.05, 3.63) is 45.8 Å². The number of para-hydroxylation sites is 1. The minimum atomic E-state index is -0.489. The summed E-state index contributed by atoms with van der Waals surface area (Å²) in [7, 11) is 0. The molecule has 2 aromatic rings. The zero-order valence-electron chi connectivity index (χ0n) is 8.64. The third-order valence-electron chi connectivity index (χ3n) is 2.55. The van der Waals surface area contributed by atoms with Crippen LogP contribution in [0.2, 0.25) is 0 Å². The second kappa shape index (κ2) is 4.47. The summed E-state index contributed by atoms with van der Waals surface area (Å²) in [6, 6.07) is 7.03. The zero-order valence-corrected chi connectivity index (χ0v) is 8.64. The molecule has 0 bridgehead atoms. The predicted octanol–water partition coefficient (Wildman–Crippen LogP) is 0.820. The molecule has 0 saturated heterocycles. The molecule has 1 aromatic heterocycles. The van der Waals surface area contributed by atoms with Crippen molar-refractivity contribution in [2.45, 2.75) is 13.0 Å². The van der Waals surface area contributed by atoms with Crippen molar-refractivity contribution in [1.29, 1.82) is 0 Å². The standard InChI is InChI=1S/C12H12O4/c13-6-5-9-10(7-14)8-3-1-2-4-11(8)16-12(9)15/h1-4,13-14H,5-7H2. The first kappa shape index (κ1) is 10.9. The Bertz CT molecular complexity index is 556. The smallest absolute Gasteiger partial charge is 0.339 e. The highest BCUT2D eigenvalue weighted by molar-refractivity contribution is 5.81. The first-order valence-corrected chi connectivity index (χ1v) is 5.03. The fourth-order valence-corrected chi connectivity index (χ4v) is 1.80. The van der Waals surface area contributed by atoms with Crippen molar-refractivity contribution < 1.29 is 14.6 Å². The summed E-state index contributed by atoms with van der Waals surface area (Å²) in [6.45, 7) is -0.377. The van der Waals surface area contributed by atoms with Crippen molar-refractivity contribution in [2.24, 2.45) is 0 Å². The van der Waals surface area contributed by atoms with Crippen LogP contribution in [0.5, 0.6) is 0 Å². The molecule has 0 fully saturated rings. The summed E-state index contributed by atoms with van der Waals surface area (Å²) in [5.41, 5.74) is 0.861.